The van der Waals surface area contributed by atoms with E-state index in [-0.39, 0.29) is 0 Å². The van der Waals surface area contributed by atoms with Gasteiger partial charge in [-0.3, -0.25) is 9.69 Å². The first-order valence-electron chi connectivity index (χ1n) is 5.31. The van der Waals surface area contributed by atoms with Gasteiger partial charge in [0, 0.05) is 13.1 Å². The molecule has 2 atom stereocenters. The molecule has 0 saturated carbocycles. The Balaban J connectivity index is 1.90. The van der Waals surface area contributed by atoms with E-state index >= 15 is 0 Å². The SMILES string of the molecule is O=C(O)[C@H]1CCN(Cc2ccsc2)C[C@H]1O. The fraction of sp³-hybridized carbons (Fsp3) is 0.545. The van der Waals surface area contributed by atoms with Crippen LogP contribution < -0.4 is 0 Å². The van der Waals surface area contributed by atoms with E-state index in [1.807, 2.05) is 5.38 Å². The second-order valence-corrected chi connectivity index (χ2v) is 4.95. The molecule has 0 spiro atoms. The summed E-state index contributed by atoms with van der Waals surface area (Å²) in [6.07, 6.45) is -0.217. The first-order valence-corrected chi connectivity index (χ1v) is 6.25. The molecule has 1 saturated heterocycles. The van der Waals surface area contributed by atoms with Crippen LogP contribution in [0.2, 0.25) is 0 Å². The van der Waals surface area contributed by atoms with Crippen LogP contribution in [-0.2, 0) is 11.3 Å². The van der Waals surface area contributed by atoms with E-state index in [0.717, 1.165) is 13.1 Å². The number of aliphatic carboxylic acids is 1. The minimum absolute atomic E-state index is 0.451. The summed E-state index contributed by atoms with van der Waals surface area (Å²) in [6, 6.07) is 2.06. The Kier molecular flexibility index (Phi) is 3.58. The van der Waals surface area contributed by atoms with E-state index in [2.05, 4.69) is 16.3 Å². The van der Waals surface area contributed by atoms with Crippen molar-refractivity contribution in [1.29, 1.82) is 0 Å². The molecule has 2 rings (SSSR count). The molecule has 88 valence electrons. The first-order chi connectivity index (χ1) is 7.66. The van der Waals surface area contributed by atoms with Crippen LogP contribution in [0.4, 0.5) is 0 Å². The maximum atomic E-state index is 10.8. The average Bonchev–Trinajstić information content (AvgIpc) is 2.70. The number of nitrogens with zero attached hydrogens (tertiary/aromatic N) is 1. The van der Waals surface area contributed by atoms with Gasteiger partial charge in [-0.2, -0.15) is 11.3 Å². The number of β-amino-alcohol motifs (C(OH)–C–C–N with tert-alkyl or cyclic N) is 1. The van der Waals surface area contributed by atoms with E-state index in [1.165, 1.54) is 5.56 Å². The predicted molar refractivity (Wildman–Crippen MR) is 61.3 cm³/mol. The molecule has 2 heterocycles. The van der Waals surface area contributed by atoms with E-state index in [1.54, 1.807) is 11.3 Å². The molecule has 1 aliphatic rings. The van der Waals surface area contributed by atoms with Crippen molar-refractivity contribution in [3.63, 3.8) is 0 Å². The number of aliphatic hydroxyl groups excluding tert-OH is 1. The van der Waals surface area contributed by atoms with Crippen LogP contribution in [-0.4, -0.2) is 40.3 Å². The minimum Gasteiger partial charge on any atom is -0.481 e. The number of likely N-dealkylation sites (tertiary alicyclic amines) is 1. The summed E-state index contributed by atoms with van der Waals surface area (Å²) in [4.78, 5) is 12.9. The van der Waals surface area contributed by atoms with Crippen molar-refractivity contribution < 1.29 is 15.0 Å². The summed E-state index contributed by atoms with van der Waals surface area (Å²) in [7, 11) is 0. The van der Waals surface area contributed by atoms with Crippen molar-refractivity contribution in [2.75, 3.05) is 13.1 Å². The molecular formula is C11H15NO3S. The third kappa shape index (κ3) is 2.61. The largest absolute Gasteiger partial charge is 0.481 e. The van der Waals surface area contributed by atoms with Crippen molar-refractivity contribution in [3.05, 3.63) is 22.4 Å². The van der Waals surface area contributed by atoms with Gasteiger partial charge in [-0.25, -0.2) is 0 Å². The molecule has 0 unspecified atom stereocenters. The monoisotopic (exact) mass is 241 g/mol. The molecule has 1 aromatic rings. The Morgan fingerprint density at radius 1 is 1.62 bits per heavy atom. The van der Waals surface area contributed by atoms with Gasteiger partial charge in [0.15, 0.2) is 0 Å². The molecule has 0 aliphatic carbocycles. The molecule has 0 aromatic carbocycles. The number of piperidine rings is 1. The number of hydrogen-bond acceptors (Lipinski definition) is 4. The number of carbonyl (C=O) groups is 1. The van der Waals surface area contributed by atoms with Gasteiger partial charge in [-0.15, -0.1) is 0 Å². The van der Waals surface area contributed by atoms with Gasteiger partial charge in [0.1, 0.15) is 0 Å². The maximum absolute atomic E-state index is 10.8. The van der Waals surface area contributed by atoms with Gasteiger partial charge in [-0.05, 0) is 35.4 Å². The van der Waals surface area contributed by atoms with Gasteiger partial charge in [-0.1, -0.05) is 0 Å². The van der Waals surface area contributed by atoms with E-state index < -0.39 is 18.0 Å². The molecule has 1 aromatic heterocycles. The van der Waals surface area contributed by atoms with Gasteiger partial charge in [0.25, 0.3) is 0 Å². The summed E-state index contributed by atoms with van der Waals surface area (Å²) in [6.45, 7) is 1.99. The fourth-order valence-corrected chi connectivity index (χ4v) is 2.73. The van der Waals surface area contributed by atoms with Crippen LogP contribution in [0.3, 0.4) is 0 Å². The number of thiophene rings is 1. The number of hydrogen-bond donors (Lipinski definition) is 2. The lowest BCUT2D eigenvalue weighted by Gasteiger charge is -2.33. The van der Waals surface area contributed by atoms with Crippen molar-refractivity contribution >= 4 is 17.3 Å². The van der Waals surface area contributed by atoms with Crippen molar-refractivity contribution in [2.24, 2.45) is 5.92 Å². The molecule has 4 nitrogen and oxygen atoms in total. The van der Waals surface area contributed by atoms with Crippen LogP contribution in [0.1, 0.15) is 12.0 Å². The number of rotatable bonds is 3. The Bertz CT molecular complexity index is 352. The molecule has 0 amide bonds. The normalized spacial score (nSPS) is 26.8. The first kappa shape index (κ1) is 11.6. The average molecular weight is 241 g/mol. The highest BCUT2D eigenvalue weighted by Crippen LogP contribution is 2.20. The highest BCUT2D eigenvalue weighted by molar-refractivity contribution is 7.07. The second kappa shape index (κ2) is 4.95. The lowest BCUT2D eigenvalue weighted by atomic mass is 9.94. The van der Waals surface area contributed by atoms with Crippen LogP contribution in [0, 0.1) is 5.92 Å². The zero-order chi connectivity index (χ0) is 11.5. The molecule has 0 bridgehead atoms. The standard InChI is InChI=1S/C11H15NO3S/c13-10-6-12(3-1-9(10)11(14)15)5-8-2-4-16-7-8/h2,4,7,9-10,13H,1,3,5-6H2,(H,14,15)/t9-,10+/m0/s1. The summed E-state index contributed by atoms with van der Waals surface area (Å²) in [5, 5.41) is 22.7. The fourth-order valence-electron chi connectivity index (χ4n) is 2.07. The van der Waals surface area contributed by atoms with Crippen LogP contribution in [0.25, 0.3) is 0 Å². The third-order valence-corrected chi connectivity index (χ3v) is 3.70. The summed E-state index contributed by atoms with van der Waals surface area (Å²) >= 11 is 1.65. The Morgan fingerprint density at radius 3 is 3.00 bits per heavy atom. The zero-order valence-electron chi connectivity index (χ0n) is 8.87. The minimum atomic E-state index is -0.886. The molecule has 5 heteroatoms. The second-order valence-electron chi connectivity index (χ2n) is 4.17. The van der Waals surface area contributed by atoms with Crippen molar-refractivity contribution in [3.8, 4) is 0 Å². The number of aliphatic hydroxyl groups is 1. The summed E-state index contributed by atoms with van der Waals surface area (Å²) < 4.78 is 0. The highest BCUT2D eigenvalue weighted by Gasteiger charge is 2.32. The Hall–Kier alpha value is -0.910. The topological polar surface area (TPSA) is 60.8 Å². The van der Waals surface area contributed by atoms with Crippen molar-refractivity contribution in [2.45, 2.75) is 19.1 Å². The third-order valence-electron chi connectivity index (χ3n) is 2.97. The summed E-state index contributed by atoms with van der Waals surface area (Å²) in [5.41, 5.74) is 1.23. The Morgan fingerprint density at radius 2 is 2.44 bits per heavy atom. The molecule has 1 aliphatic heterocycles. The van der Waals surface area contributed by atoms with Gasteiger partial charge < -0.3 is 10.2 Å². The number of carboxylic acid groups (broad SMARTS) is 1. The zero-order valence-corrected chi connectivity index (χ0v) is 9.69. The predicted octanol–water partition coefficient (Wildman–Crippen LogP) is 1.02. The molecular weight excluding hydrogens is 226 g/mol. The van der Waals surface area contributed by atoms with Crippen molar-refractivity contribution in [1.82, 2.24) is 4.90 Å². The molecule has 0 radical (unpaired) electrons. The Labute approximate surface area is 98.1 Å². The van der Waals surface area contributed by atoms with Crippen LogP contribution in [0.15, 0.2) is 16.8 Å². The van der Waals surface area contributed by atoms with E-state index in [9.17, 15) is 9.90 Å². The quantitative estimate of drug-likeness (QED) is 0.829. The van der Waals surface area contributed by atoms with Gasteiger partial charge in [0.2, 0.25) is 0 Å². The maximum Gasteiger partial charge on any atom is 0.309 e. The van der Waals surface area contributed by atoms with Gasteiger partial charge >= 0.3 is 5.97 Å². The smallest absolute Gasteiger partial charge is 0.309 e. The molecule has 1 fully saturated rings. The molecule has 16 heavy (non-hydrogen) atoms. The molecule has 2 N–H and O–H groups in total. The lowest BCUT2D eigenvalue weighted by molar-refractivity contribution is -0.148. The van der Waals surface area contributed by atoms with Crippen LogP contribution in [0.5, 0.6) is 0 Å². The summed E-state index contributed by atoms with van der Waals surface area (Å²) in [5.74, 6) is -1.48. The van der Waals surface area contributed by atoms with Gasteiger partial charge in [0.05, 0.1) is 12.0 Å². The highest BCUT2D eigenvalue weighted by atomic mass is 32.1. The van der Waals surface area contributed by atoms with E-state index in [0.29, 0.717) is 13.0 Å². The number of carboxylic acids is 1. The van der Waals surface area contributed by atoms with Crippen LogP contribution >= 0.6 is 11.3 Å². The van der Waals surface area contributed by atoms with E-state index in [4.69, 9.17) is 5.11 Å². The lowest BCUT2D eigenvalue weighted by Crippen LogP contribution is -2.46.